The SMILES string of the molecule is CCCCOc1cccc(C(F)(F)CNCC(=O)N(CCCC)CCCC)c1.Cl. The maximum Gasteiger partial charge on any atom is 0.285 e. The van der Waals surface area contributed by atoms with E-state index in [-0.39, 0.29) is 30.4 Å². The molecule has 0 aliphatic heterocycles. The second-order valence-electron chi connectivity index (χ2n) is 7.13. The summed E-state index contributed by atoms with van der Waals surface area (Å²) >= 11 is 0. The molecule has 0 heterocycles. The molecule has 168 valence electrons. The molecule has 1 amide bonds. The topological polar surface area (TPSA) is 41.6 Å². The predicted octanol–water partition coefficient (Wildman–Crippen LogP) is 5.40. The van der Waals surface area contributed by atoms with Crippen molar-refractivity contribution in [3.05, 3.63) is 29.8 Å². The summed E-state index contributed by atoms with van der Waals surface area (Å²) in [5.74, 6) is -2.73. The minimum Gasteiger partial charge on any atom is -0.494 e. The van der Waals surface area contributed by atoms with Crippen LogP contribution in [-0.4, -0.2) is 43.6 Å². The van der Waals surface area contributed by atoms with Gasteiger partial charge < -0.3 is 15.0 Å². The Labute approximate surface area is 180 Å². The van der Waals surface area contributed by atoms with Gasteiger partial charge in [0.25, 0.3) is 5.92 Å². The summed E-state index contributed by atoms with van der Waals surface area (Å²) in [6.45, 7) is 7.43. The number of hydrogen-bond acceptors (Lipinski definition) is 3. The molecular formula is C22H37ClF2N2O2. The normalized spacial score (nSPS) is 11.1. The van der Waals surface area contributed by atoms with Crippen LogP contribution in [0.1, 0.15) is 64.9 Å². The molecule has 1 aromatic carbocycles. The molecule has 0 fully saturated rings. The van der Waals surface area contributed by atoms with E-state index in [1.807, 2.05) is 6.92 Å². The number of amides is 1. The third-order valence-corrected chi connectivity index (χ3v) is 4.56. The molecule has 29 heavy (non-hydrogen) atoms. The smallest absolute Gasteiger partial charge is 0.285 e. The van der Waals surface area contributed by atoms with Crippen LogP contribution in [0.5, 0.6) is 5.75 Å². The Morgan fingerprint density at radius 2 is 1.69 bits per heavy atom. The lowest BCUT2D eigenvalue weighted by Crippen LogP contribution is -2.42. The summed E-state index contributed by atoms with van der Waals surface area (Å²) < 4.78 is 34.6. The lowest BCUT2D eigenvalue weighted by atomic mass is 10.1. The molecule has 0 atom stereocenters. The molecule has 0 spiro atoms. The molecule has 1 aromatic rings. The van der Waals surface area contributed by atoms with E-state index in [4.69, 9.17) is 4.74 Å². The maximum absolute atomic E-state index is 14.5. The van der Waals surface area contributed by atoms with Crippen LogP contribution >= 0.6 is 12.4 Å². The van der Waals surface area contributed by atoms with E-state index in [9.17, 15) is 13.6 Å². The monoisotopic (exact) mass is 434 g/mol. The first-order valence-electron chi connectivity index (χ1n) is 10.5. The second kappa shape index (κ2) is 15.4. The first-order chi connectivity index (χ1) is 13.4. The Balaban J connectivity index is 0.00000784. The quantitative estimate of drug-likeness (QED) is 0.376. The molecule has 7 heteroatoms. The van der Waals surface area contributed by atoms with Crippen LogP contribution in [-0.2, 0) is 10.7 Å². The van der Waals surface area contributed by atoms with Crippen molar-refractivity contribution in [1.82, 2.24) is 10.2 Å². The van der Waals surface area contributed by atoms with Crippen molar-refractivity contribution < 1.29 is 18.3 Å². The van der Waals surface area contributed by atoms with E-state index in [1.54, 1.807) is 17.0 Å². The predicted molar refractivity (Wildman–Crippen MR) is 117 cm³/mol. The number of alkyl halides is 2. The van der Waals surface area contributed by atoms with Gasteiger partial charge in [0.05, 0.1) is 19.7 Å². The maximum atomic E-state index is 14.5. The highest BCUT2D eigenvalue weighted by Gasteiger charge is 2.31. The van der Waals surface area contributed by atoms with Crippen LogP contribution in [0.15, 0.2) is 24.3 Å². The minimum absolute atomic E-state index is 0. The van der Waals surface area contributed by atoms with Gasteiger partial charge in [-0.3, -0.25) is 4.79 Å². The largest absolute Gasteiger partial charge is 0.494 e. The average molecular weight is 435 g/mol. The molecule has 0 radical (unpaired) electrons. The Morgan fingerprint density at radius 1 is 1.07 bits per heavy atom. The van der Waals surface area contributed by atoms with Gasteiger partial charge >= 0.3 is 0 Å². The summed E-state index contributed by atoms with van der Waals surface area (Å²) in [5.41, 5.74) is -0.102. The van der Waals surface area contributed by atoms with Gasteiger partial charge in [0.2, 0.25) is 5.91 Å². The Bertz CT molecular complexity index is 565. The van der Waals surface area contributed by atoms with Crippen LogP contribution in [0.3, 0.4) is 0 Å². The first kappa shape index (κ1) is 27.6. The molecule has 0 aliphatic rings. The Morgan fingerprint density at radius 3 is 2.28 bits per heavy atom. The Hall–Kier alpha value is -1.40. The van der Waals surface area contributed by atoms with Crippen LogP contribution in [0.4, 0.5) is 8.78 Å². The van der Waals surface area contributed by atoms with Crippen molar-refractivity contribution in [1.29, 1.82) is 0 Å². The fourth-order valence-electron chi connectivity index (χ4n) is 2.75. The summed E-state index contributed by atoms with van der Waals surface area (Å²) in [6.07, 6.45) is 5.72. The number of rotatable bonds is 15. The fourth-order valence-corrected chi connectivity index (χ4v) is 2.75. The number of nitrogens with zero attached hydrogens (tertiary/aromatic N) is 1. The van der Waals surface area contributed by atoms with Crippen molar-refractivity contribution in [3.8, 4) is 5.75 Å². The van der Waals surface area contributed by atoms with Crippen molar-refractivity contribution >= 4 is 18.3 Å². The lowest BCUT2D eigenvalue weighted by Gasteiger charge is -2.24. The van der Waals surface area contributed by atoms with Crippen molar-refractivity contribution in [2.24, 2.45) is 0 Å². The molecule has 0 aliphatic carbocycles. The van der Waals surface area contributed by atoms with Crippen LogP contribution in [0.25, 0.3) is 0 Å². The van der Waals surface area contributed by atoms with Gasteiger partial charge in [-0.1, -0.05) is 52.2 Å². The van der Waals surface area contributed by atoms with Crippen molar-refractivity contribution in [2.45, 2.75) is 65.2 Å². The number of benzene rings is 1. The van der Waals surface area contributed by atoms with Gasteiger partial charge in [-0.25, -0.2) is 0 Å². The van der Waals surface area contributed by atoms with E-state index >= 15 is 0 Å². The lowest BCUT2D eigenvalue weighted by molar-refractivity contribution is -0.130. The fraction of sp³-hybridized carbons (Fsp3) is 0.682. The zero-order chi connectivity index (χ0) is 20.8. The van der Waals surface area contributed by atoms with Crippen molar-refractivity contribution in [3.63, 3.8) is 0 Å². The summed E-state index contributed by atoms with van der Waals surface area (Å²) in [7, 11) is 0. The number of carbonyl (C=O) groups is 1. The van der Waals surface area contributed by atoms with Crippen LogP contribution in [0, 0.1) is 0 Å². The van der Waals surface area contributed by atoms with E-state index in [0.717, 1.165) is 38.5 Å². The van der Waals surface area contributed by atoms with Gasteiger partial charge in [-0.15, -0.1) is 12.4 Å². The number of carbonyl (C=O) groups excluding carboxylic acids is 1. The average Bonchev–Trinajstić information content (AvgIpc) is 2.68. The van der Waals surface area contributed by atoms with Crippen LogP contribution < -0.4 is 10.1 Å². The van der Waals surface area contributed by atoms with Gasteiger partial charge in [-0.2, -0.15) is 8.78 Å². The number of hydrogen-bond donors (Lipinski definition) is 1. The highest BCUT2D eigenvalue weighted by Crippen LogP contribution is 2.29. The zero-order valence-corrected chi connectivity index (χ0v) is 18.8. The molecule has 4 nitrogen and oxygen atoms in total. The van der Waals surface area contributed by atoms with Gasteiger partial charge in [0, 0.05) is 18.7 Å². The first-order valence-corrected chi connectivity index (χ1v) is 10.5. The molecule has 1 N–H and O–H groups in total. The number of nitrogens with one attached hydrogen (secondary N) is 1. The number of halogens is 3. The summed E-state index contributed by atoms with van der Waals surface area (Å²) in [5, 5.41) is 2.65. The number of ether oxygens (including phenoxy) is 1. The molecule has 1 rings (SSSR count). The highest BCUT2D eigenvalue weighted by molar-refractivity contribution is 5.85. The van der Waals surface area contributed by atoms with Gasteiger partial charge in [0.1, 0.15) is 5.75 Å². The van der Waals surface area contributed by atoms with Gasteiger partial charge in [0.15, 0.2) is 0 Å². The number of unbranched alkanes of at least 4 members (excludes halogenated alkanes) is 3. The van der Waals surface area contributed by atoms with E-state index in [2.05, 4.69) is 19.2 Å². The standard InChI is InChI=1S/C22H36F2N2O2.ClH/c1-4-7-13-26(14-8-5-2)21(27)17-25-18-22(23,24)19-11-10-12-20(16-19)28-15-9-6-3;/h10-12,16,25H,4-9,13-15,17-18H2,1-3H3;1H. The van der Waals surface area contributed by atoms with E-state index in [0.29, 0.717) is 25.4 Å². The molecule has 0 saturated heterocycles. The second-order valence-corrected chi connectivity index (χ2v) is 7.13. The molecule has 0 aromatic heterocycles. The minimum atomic E-state index is -3.07. The third-order valence-electron chi connectivity index (χ3n) is 4.56. The molecular weight excluding hydrogens is 398 g/mol. The van der Waals surface area contributed by atoms with Gasteiger partial charge in [-0.05, 0) is 31.4 Å². The summed E-state index contributed by atoms with van der Waals surface area (Å²) in [6, 6.07) is 6.04. The molecule has 0 bridgehead atoms. The molecule has 0 unspecified atom stereocenters. The summed E-state index contributed by atoms with van der Waals surface area (Å²) in [4.78, 5) is 14.2. The third kappa shape index (κ3) is 10.8. The Kier molecular flexibility index (Phi) is 14.7. The highest BCUT2D eigenvalue weighted by atomic mass is 35.5. The zero-order valence-electron chi connectivity index (χ0n) is 18.0. The van der Waals surface area contributed by atoms with E-state index < -0.39 is 12.5 Å². The molecule has 0 saturated carbocycles. The van der Waals surface area contributed by atoms with Crippen molar-refractivity contribution in [2.75, 3.05) is 32.8 Å². The van der Waals surface area contributed by atoms with E-state index in [1.165, 1.54) is 12.1 Å². The van der Waals surface area contributed by atoms with Crippen LogP contribution in [0.2, 0.25) is 0 Å².